The molecule has 0 saturated heterocycles. The van der Waals surface area contributed by atoms with Crippen LogP contribution in [0.3, 0.4) is 0 Å². The van der Waals surface area contributed by atoms with E-state index < -0.39 is 0 Å². The van der Waals surface area contributed by atoms with Crippen LogP contribution in [0.2, 0.25) is 0 Å². The lowest BCUT2D eigenvalue weighted by Gasteiger charge is -2.24. The molecule has 1 aliphatic heterocycles. The first-order valence-electron chi connectivity index (χ1n) is 9.16. The third-order valence-corrected chi connectivity index (χ3v) is 5.02. The van der Waals surface area contributed by atoms with Gasteiger partial charge in [-0.25, -0.2) is 4.98 Å². The zero-order chi connectivity index (χ0) is 18.9. The maximum atomic E-state index is 5.51. The van der Waals surface area contributed by atoms with Gasteiger partial charge in [0.05, 0.1) is 7.11 Å². The topological polar surface area (TPSA) is 80.1 Å². The minimum absolute atomic E-state index is 0.536. The van der Waals surface area contributed by atoms with Crippen molar-refractivity contribution < 1.29 is 9.26 Å². The molecule has 1 aromatic carbocycles. The van der Waals surface area contributed by atoms with E-state index >= 15 is 0 Å². The fourth-order valence-electron chi connectivity index (χ4n) is 3.53. The van der Waals surface area contributed by atoms with Crippen molar-refractivity contribution in [3.63, 3.8) is 0 Å². The Morgan fingerprint density at radius 3 is 3.04 bits per heavy atom. The van der Waals surface area contributed by atoms with Crippen LogP contribution in [0.25, 0.3) is 28.0 Å². The number of nitrogens with one attached hydrogen (secondary N) is 1. The van der Waals surface area contributed by atoms with Gasteiger partial charge >= 0.3 is 6.01 Å². The Balaban J connectivity index is 1.36. The van der Waals surface area contributed by atoms with E-state index in [4.69, 9.17) is 9.26 Å². The van der Waals surface area contributed by atoms with Gasteiger partial charge in [0.1, 0.15) is 11.4 Å². The number of ether oxygens (including phenoxy) is 1. The predicted octanol–water partition coefficient (Wildman–Crippen LogP) is 3.92. The van der Waals surface area contributed by atoms with Crippen LogP contribution < -0.4 is 9.64 Å². The first-order chi connectivity index (χ1) is 13.8. The summed E-state index contributed by atoms with van der Waals surface area (Å²) in [4.78, 5) is 14.3. The van der Waals surface area contributed by atoms with Gasteiger partial charge in [-0.05, 0) is 36.3 Å². The van der Waals surface area contributed by atoms with Gasteiger partial charge in [-0.3, -0.25) is 0 Å². The van der Waals surface area contributed by atoms with Crippen molar-refractivity contribution in [3.8, 4) is 17.1 Å². The summed E-state index contributed by atoms with van der Waals surface area (Å²) in [5.41, 5.74) is 4.31. The van der Waals surface area contributed by atoms with Gasteiger partial charge in [-0.2, -0.15) is 4.98 Å². The maximum absolute atomic E-state index is 5.51. The molecule has 0 saturated carbocycles. The van der Waals surface area contributed by atoms with E-state index in [9.17, 15) is 0 Å². The average molecular weight is 373 g/mol. The molecule has 7 nitrogen and oxygen atoms in total. The molecule has 0 aliphatic carbocycles. The number of nitrogens with zero attached hydrogens (tertiary/aromatic N) is 4. The molecule has 140 valence electrons. The van der Waals surface area contributed by atoms with E-state index in [-0.39, 0.29) is 0 Å². The second kappa shape index (κ2) is 6.84. The number of hydrogen-bond acceptors (Lipinski definition) is 6. The summed E-state index contributed by atoms with van der Waals surface area (Å²) < 4.78 is 10.8. The largest absolute Gasteiger partial charge is 0.497 e. The highest BCUT2D eigenvalue weighted by Gasteiger charge is 2.20. The first-order valence-corrected chi connectivity index (χ1v) is 9.16. The number of aromatic nitrogens is 4. The Bertz CT molecular complexity index is 1160. The van der Waals surface area contributed by atoms with Gasteiger partial charge in [0.25, 0.3) is 0 Å². The highest BCUT2D eigenvalue weighted by atomic mass is 16.5. The van der Waals surface area contributed by atoms with Crippen molar-refractivity contribution in [3.05, 3.63) is 60.4 Å². The lowest BCUT2D eigenvalue weighted by Crippen LogP contribution is -2.28. The number of H-pyrrole nitrogens is 1. The van der Waals surface area contributed by atoms with Crippen LogP contribution in [0, 0.1) is 0 Å². The Morgan fingerprint density at radius 2 is 2.18 bits per heavy atom. The molecular weight excluding hydrogens is 354 g/mol. The Hall–Kier alpha value is -3.61. The molecule has 0 unspecified atom stereocenters. The highest BCUT2D eigenvalue weighted by molar-refractivity contribution is 5.90. The van der Waals surface area contributed by atoms with Crippen LogP contribution in [0.15, 0.2) is 59.4 Å². The summed E-state index contributed by atoms with van der Waals surface area (Å²) in [6.45, 7) is 1.54. The van der Waals surface area contributed by atoms with Gasteiger partial charge in [0.2, 0.25) is 5.82 Å². The van der Waals surface area contributed by atoms with Crippen molar-refractivity contribution in [1.29, 1.82) is 0 Å². The van der Waals surface area contributed by atoms with E-state index in [0.717, 1.165) is 41.9 Å². The van der Waals surface area contributed by atoms with E-state index in [0.29, 0.717) is 11.8 Å². The number of aromatic amines is 1. The lowest BCUT2D eigenvalue weighted by molar-refractivity contribution is 0.413. The third kappa shape index (κ3) is 2.90. The summed E-state index contributed by atoms with van der Waals surface area (Å²) in [6, 6.07) is 12.2. The third-order valence-electron chi connectivity index (χ3n) is 5.02. The quantitative estimate of drug-likeness (QED) is 0.584. The standard InChI is InChI=1S/C21H19N5O2/c1-27-16-5-2-4-15(12-16)19-24-21(28-25-19)26-10-7-14(8-11-26)18-13-23-20-17(18)6-3-9-22-20/h2-7,9,12-13H,8,10-11H2,1H3,(H,22,23). The van der Waals surface area contributed by atoms with Crippen LogP contribution in [0.5, 0.6) is 5.75 Å². The SMILES string of the molecule is COc1cccc(-c2noc(N3CC=C(c4c[nH]c5ncccc45)CC3)n2)c1. The molecule has 5 rings (SSSR count). The van der Waals surface area contributed by atoms with E-state index in [1.807, 2.05) is 36.5 Å². The summed E-state index contributed by atoms with van der Waals surface area (Å²) in [5, 5.41) is 5.28. The number of pyridine rings is 1. The van der Waals surface area contributed by atoms with Crippen molar-refractivity contribution in [1.82, 2.24) is 20.1 Å². The second-order valence-electron chi connectivity index (χ2n) is 6.66. The summed E-state index contributed by atoms with van der Waals surface area (Å²) in [6.07, 6.45) is 6.95. The van der Waals surface area contributed by atoms with Crippen LogP contribution in [-0.4, -0.2) is 40.3 Å². The van der Waals surface area contributed by atoms with Crippen LogP contribution in [-0.2, 0) is 0 Å². The minimum atomic E-state index is 0.536. The molecular formula is C21H19N5O2. The number of fused-ring (bicyclic) bond motifs is 1. The van der Waals surface area contributed by atoms with Gasteiger partial charge in [0.15, 0.2) is 0 Å². The zero-order valence-electron chi connectivity index (χ0n) is 15.4. The van der Waals surface area contributed by atoms with Gasteiger partial charge in [0, 0.05) is 42.0 Å². The van der Waals surface area contributed by atoms with Gasteiger partial charge in [-0.1, -0.05) is 23.4 Å². The zero-order valence-corrected chi connectivity index (χ0v) is 15.4. The average Bonchev–Trinajstić information content (AvgIpc) is 3.42. The van der Waals surface area contributed by atoms with Crippen molar-refractivity contribution in [2.75, 3.05) is 25.1 Å². The number of rotatable bonds is 4. The fraction of sp³-hybridized carbons (Fsp3) is 0.190. The van der Waals surface area contributed by atoms with E-state index in [1.165, 1.54) is 11.1 Å². The van der Waals surface area contributed by atoms with Crippen molar-refractivity contribution in [2.24, 2.45) is 0 Å². The number of methoxy groups -OCH3 is 1. The molecule has 1 N–H and O–H groups in total. The molecule has 1 aliphatic rings. The summed E-state index contributed by atoms with van der Waals surface area (Å²) in [7, 11) is 1.64. The molecule has 0 atom stereocenters. The molecule has 28 heavy (non-hydrogen) atoms. The van der Waals surface area contributed by atoms with Gasteiger partial charge in [-0.15, -0.1) is 0 Å². The molecule has 0 bridgehead atoms. The molecule has 7 heteroatoms. The fourth-order valence-corrected chi connectivity index (χ4v) is 3.53. The molecule has 0 amide bonds. The Labute approximate surface area is 161 Å². The summed E-state index contributed by atoms with van der Waals surface area (Å²) in [5.74, 6) is 1.33. The second-order valence-corrected chi connectivity index (χ2v) is 6.66. The van der Waals surface area contributed by atoms with Crippen LogP contribution in [0.1, 0.15) is 12.0 Å². The first kappa shape index (κ1) is 16.6. The molecule has 4 aromatic rings. The lowest BCUT2D eigenvalue weighted by atomic mass is 10.00. The number of hydrogen-bond donors (Lipinski definition) is 1. The van der Waals surface area contributed by atoms with E-state index in [1.54, 1.807) is 13.3 Å². The molecule has 0 fully saturated rings. The van der Waals surface area contributed by atoms with Crippen molar-refractivity contribution >= 4 is 22.6 Å². The van der Waals surface area contributed by atoms with Crippen LogP contribution >= 0.6 is 0 Å². The predicted molar refractivity (Wildman–Crippen MR) is 107 cm³/mol. The molecule has 4 heterocycles. The highest BCUT2D eigenvalue weighted by Crippen LogP contribution is 2.30. The molecule has 0 radical (unpaired) electrons. The molecule has 0 spiro atoms. The Kier molecular flexibility index (Phi) is 4.05. The van der Waals surface area contributed by atoms with E-state index in [2.05, 4.69) is 37.2 Å². The van der Waals surface area contributed by atoms with Gasteiger partial charge < -0.3 is 19.1 Å². The maximum Gasteiger partial charge on any atom is 0.324 e. The number of anilines is 1. The Morgan fingerprint density at radius 1 is 1.21 bits per heavy atom. The number of benzene rings is 1. The van der Waals surface area contributed by atoms with Crippen molar-refractivity contribution in [2.45, 2.75) is 6.42 Å². The molecule has 3 aromatic heterocycles. The minimum Gasteiger partial charge on any atom is -0.497 e. The normalized spacial score (nSPS) is 14.3. The smallest absolute Gasteiger partial charge is 0.324 e. The summed E-state index contributed by atoms with van der Waals surface area (Å²) >= 11 is 0. The monoisotopic (exact) mass is 373 g/mol. The van der Waals surface area contributed by atoms with Crippen LogP contribution in [0.4, 0.5) is 6.01 Å².